The van der Waals surface area contributed by atoms with Crippen molar-refractivity contribution in [3.05, 3.63) is 35.0 Å². The number of aromatic nitrogens is 1. The third kappa shape index (κ3) is 6.13. The van der Waals surface area contributed by atoms with Crippen molar-refractivity contribution < 1.29 is 33.9 Å². The number of carboxylic acids is 1. The lowest BCUT2D eigenvalue weighted by Crippen LogP contribution is -2.71. The molecule has 4 N–H and O–H groups in total. The van der Waals surface area contributed by atoms with Crippen LogP contribution in [0.2, 0.25) is 0 Å². The first-order valence-corrected chi connectivity index (χ1v) is 13.1. The Morgan fingerprint density at radius 3 is 2.57 bits per heavy atom. The van der Waals surface area contributed by atoms with Crippen molar-refractivity contribution in [2.75, 3.05) is 11.5 Å². The number of oxime groups is 1. The Kier molecular flexibility index (Phi) is 8.03. The molecule has 0 aromatic carbocycles. The quantitative estimate of drug-likeness (QED) is 0.135. The molecule has 1 aromatic rings. The number of thiazole rings is 1. The maximum atomic E-state index is 13.2. The second-order valence-electron chi connectivity index (χ2n) is 9.73. The third-order valence-corrected chi connectivity index (χ3v) is 7.18. The van der Waals surface area contributed by atoms with Crippen LogP contribution in [-0.2, 0) is 28.8 Å². The first-order valence-electron chi connectivity index (χ1n) is 11.2. The van der Waals surface area contributed by atoms with Crippen LogP contribution in [0.4, 0.5) is 5.13 Å². The molecule has 2 amide bonds. The zero-order valence-electron chi connectivity index (χ0n) is 21.1. The molecule has 1 saturated heterocycles. The average molecular weight is 552 g/mol. The minimum atomic E-state index is -1.55. The summed E-state index contributed by atoms with van der Waals surface area (Å²) in [6, 6.07) is -1.00. The molecule has 0 saturated carbocycles. The van der Waals surface area contributed by atoms with Crippen molar-refractivity contribution >= 4 is 57.7 Å². The molecule has 3 rings (SSSR count). The van der Waals surface area contributed by atoms with Gasteiger partial charge in [0.05, 0.1) is 0 Å². The van der Waals surface area contributed by atoms with Crippen molar-refractivity contribution in [2.24, 2.45) is 5.16 Å². The fourth-order valence-corrected chi connectivity index (χ4v) is 5.33. The fourth-order valence-electron chi connectivity index (χ4n) is 3.42. The van der Waals surface area contributed by atoms with Crippen LogP contribution >= 0.6 is 23.1 Å². The number of β-lactam (4-membered cyclic amide) rings is 1. The largest absolute Gasteiger partial charge is 0.477 e. The van der Waals surface area contributed by atoms with E-state index in [1.165, 1.54) is 35.9 Å². The number of nitrogens with one attached hydrogen (secondary N) is 1. The number of rotatable bonds is 9. The standard InChI is InChI=1S/C23H29N5O7S2/c1-7-8-11-9-36-18-14(17(30)28(18)15(11)19(31)32)26-16(29)13(12-10-37-21(24)25-12)27-35-23(5,6)20(33)34-22(2,3)4/h7,10,14,18H,1,8-9H2,2-6H3,(H2,24,25)(H,26,29)(H,31,32)/b27-13-. The summed E-state index contributed by atoms with van der Waals surface area (Å²) in [5.41, 5.74) is 3.65. The molecule has 1 aromatic heterocycles. The second kappa shape index (κ2) is 10.5. The Morgan fingerprint density at radius 2 is 2.03 bits per heavy atom. The number of thioether (sulfide) groups is 1. The zero-order valence-corrected chi connectivity index (χ0v) is 22.7. The Balaban J connectivity index is 1.83. The number of amides is 2. The van der Waals surface area contributed by atoms with E-state index in [4.69, 9.17) is 15.3 Å². The van der Waals surface area contributed by atoms with Gasteiger partial charge in [0, 0.05) is 11.1 Å². The van der Waals surface area contributed by atoms with Crippen LogP contribution in [0.3, 0.4) is 0 Å². The number of fused-ring (bicyclic) bond motifs is 1. The van der Waals surface area contributed by atoms with Gasteiger partial charge in [-0.1, -0.05) is 11.2 Å². The van der Waals surface area contributed by atoms with E-state index in [-0.39, 0.29) is 22.2 Å². The van der Waals surface area contributed by atoms with Crippen LogP contribution in [0.15, 0.2) is 34.5 Å². The van der Waals surface area contributed by atoms with Crippen LogP contribution in [0.1, 0.15) is 46.7 Å². The van der Waals surface area contributed by atoms with E-state index in [2.05, 4.69) is 22.0 Å². The highest BCUT2D eigenvalue weighted by molar-refractivity contribution is 8.00. The summed E-state index contributed by atoms with van der Waals surface area (Å²) in [7, 11) is 0. The fraction of sp³-hybridized carbons (Fsp3) is 0.478. The lowest BCUT2D eigenvalue weighted by Gasteiger charge is -2.49. The summed E-state index contributed by atoms with van der Waals surface area (Å²) in [6.07, 6.45) is 1.90. The van der Waals surface area contributed by atoms with Crippen LogP contribution in [-0.4, -0.2) is 72.8 Å². The number of aliphatic carboxylic acids is 1. The predicted octanol–water partition coefficient (Wildman–Crippen LogP) is 1.88. The van der Waals surface area contributed by atoms with E-state index >= 15 is 0 Å². The number of ether oxygens (including phenoxy) is 1. The summed E-state index contributed by atoms with van der Waals surface area (Å²) in [5, 5.41) is 17.2. The van der Waals surface area contributed by atoms with Gasteiger partial charge in [0.1, 0.15) is 28.4 Å². The maximum absolute atomic E-state index is 13.2. The van der Waals surface area contributed by atoms with Gasteiger partial charge < -0.3 is 25.7 Å². The first kappa shape index (κ1) is 28.2. The van der Waals surface area contributed by atoms with Gasteiger partial charge in [-0.3, -0.25) is 14.5 Å². The Morgan fingerprint density at radius 1 is 1.35 bits per heavy atom. The average Bonchev–Trinajstić information content (AvgIpc) is 3.21. The van der Waals surface area contributed by atoms with Crippen molar-refractivity contribution in [3.8, 4) is 0 Å². The summed E-state index contributed by atoms with van der Waals surface area (Å²) < 4.78 is 5.35. The van der Waals surface area contributed by atoms with Gasteiger partial charge in [-0.25, -0.2) is 14.6 Å². The number of carbonyl (C=O) groups is 4. The van der Waals surface area contributed by atoms with E-state index in [0.29, 0.717) is 17.7 Å². The Bertz CT molecular complexity index is 1200. The van der Waals surface area contributed by atoms with Gasteiger partial charge in [-0.2, -0.15) is 0 Å². The SMILES string of the molecule is C=CCC1=C(C(=O)O)N2C(=O)C(NC(=O)/C(=N\OC(C)(C)C(=O)OC(C)(C)C)c3csc(N)n3)C2SC1. The molecule has 1 fully saturated rings. The van der Waals surface area contributed by atoms with Gasteiger partial charge in [-0.05, 0) is 46.6 Å². The molecule has 0 bridgehead atoms. The number of nitrogens with two attached hydrogens (primary N) is 1. The van der Waals surface area contributed by atoms with E-state index in [1.54, 1.807) is 26.8 Å². The third-order valence-electron chi connectivity index (χ3n) is 5.16. The number of carboxylic acid groups (broad SMARTS) is 1. The van der Waals surface area contributed by atoms with Gasteiger partial charge >= 0.3 is 11.9 Å². The lowest BCUT2D eigenvalue weighted by atomic mass is 10.0. The molecule has 14 heteroatoms. The number of esters is 1. The molecule has 200 valence electrons. The van der Waals surface area contributed by atoms with E-state index < -0.39 is 46.4 Å². The molecule has 3 heterocycles. The van der Waals surface area contributed by atoms with Crippen molar-refractivity contribution in [1.29, 1.82) is 0 Å². The lowest BCUT2D eigenvalue weighted by molar-refractivity contribution is -0.179. The predicted molar refractivity (Wildman–Crippen MR) is 139 cm³/mol. The second-order valence-corrected chi connectivity index (χ2v) is 11.7. The topological polar surface area (TPSA) is 174 Å². The van der Waals surface area contributed by atoms with Gasteiger partial charge in [0.2, 0.25) is 5.60 Å². The summed E-state index contributed by atoms with van der Waals surface area (Å²) in [6.45, 7) is 11.6. The van der Waals surface area contributed by atoms with Crippen LogP contribution in [0.5, 0.6) is 0 Å². The van der Waals surface area contributed by atoms with Crippen molar-refractivity contribution in [3.63, 3.8) is 0 Å². The number of hydrogen-bond acceptors (Lipinski definition) is 11. The summed E-state index contributed by atoms with van der Waals surface area (Å²) >= 11 is 2.39. The molecule has 12 nitrogen and oxygen atoms in total. The number of anilines is 1. The molecule has 2 unspecified atom stereocenters. The molecule has 2 atom stereocenters. The van der Waals surface area contributed by atoms with Gasteiger partial charge in [0.15, 0.2) is 10.8 Å². The van der Waals surface area contributed by atoms with Crippen LogP contribution < -0.4 is 11.1 Å². The number of carbonyl (C=O) groups excluding carboxylic acids is 3. The minimum absolute atomic E-state index is 0.0827. The van der Waals surface area contributed by atoms with Gasteiger partial charge in [-0.15, -0.1) is 29.7 Å². The molecule has 0 aliphatic carbocycles. The highest BCUT2D eigenvalue weighted by Crippen LogP contribution is 2.41. The van der Waals surface area contributed by atoms with E-state index in [1.807, 2.05) is 0 Å². The molecular formula is C23H29N5O7S2. The smallest absolute Gasteiger partial charge is 0.353 e. The molecular weight excluding hydrogens is 522 g/mol. The summed E-state index contributed by atoms with van der Waals surface area (Å²) in [5.74, 6) is -2.94. The highest BCUT2D eigenvalue weighted by Gasteiger charge is 2.54. The van der Waals surface area contributed by atoms with Gasteiger partial charge in [0.25, 0.3) is 11.8 Å². The van der Waals surface area contributed by atoms with Crippen molar-refractivity contribution in [1.82, 2.24) is 15.2 Å². The van der Waals surface area contributed by atoms with E-state index in [0.717, 1.165) is 11.3 Å². The first-order chi connectivity index (χ1) is 17.2. The molecule has 0 spiro atoms. The summed E-state index contributed by atoms with van der Waals surface area (Å²) in [4.78, 5) is 61.2. The van der Waals surface area contributed by atoms with Crippen molar-refractivity contribution in [2.45, 2.75) is 63.7 Å². The van der Waals surface area contributed by atoms with Crippen LogP contribution in [0.25, 0.3) is 0 Å². The number of hydrogen-bond donors (Lipinski definition) is 3. The molecule has 37 heavy (non-hydrogen) atoms. The Labute approximate surface area is 221 Å². The van der Waals surface area contributed by atoms with E-state index in [9.17, 15) is 24.3 Å². The highest BCUT2D eigenvalue weighted by atomic mass is 32.2. The molecule has 2 aliphatic heterocycles. The molecule has 2 aliphatic rings. The number of allylic oxidation sites excluding steroid dienone is 1. The Hall–Kier alpha value is -3.39. The number of nitrogen functional groups attached to an aromatic ring is 1. The monoisotopic (exact) mass is 551 g/mol. The zero-order chi connectivity index (χ0) is 27.7. The molecule has 0 radical (unpaired) electrons. The normalized spacial score (nSPS) is 20.1. The van der Waals surface area contributed by atoms with Crippen LogP contribution in [0, 0.1) is 0 Å². The maximum Gasteiger partial charge on any atom is 0.353 e. The minimum Gasteiger partial charge on any atom is -0.477 e. The number of nitrogens with zero attached hydrogens (tertiary/aromatic N) is 3.